The predicted octanol–water partition coefficient (Wildman–Crippen LogP) is 3.18. The quantitative estimate of drug-likeness (QED) is 0.639. The number of aromatic amines is 1. The maximum atomic E-state index is 13.5. The number of fused-ring (bicyclic) bond motifs is 2. The SMILES string of the molecule is COc1cc(C2C(C#N)=C(N)Oc3n[nH]c(-c4ccc(F)cc4)c32)c(OC)c2c1OCO2. The number of H-pyrrole nitrogens is 1. The number of nitrogens with two attached hydrogens (primary N) is 1. The molecule has 0 amide bonds. The van der Waals surface area contributed by atoms with Crippen LogP contribution >= 0.6 is 0 Å². The molecule has 1 unspecified atom stereocenters. The third-order valence-electron chi connectivity index (χ3n) is 5.40. The van der Waals surface area contributed by atoms with Gasteiger partial charge in [-0.05, 0) is 30.3 Å². The minimum absolute atomic E-state index is 0.000158. The van der Waals surface area contributed by atoms with Crippen LogP contribution in [-0.2, 0) is 0 Å². The zero-order chi connectivity index (χ0) is 22.4. The van der Waals surface area contributed by atoms with Crippen molar-refractivity contribution in [3.05, 3.63) is 58.7 Å². The van der Waals surface area contributed by atoms with Gasteiger partial charge in [0.15, 0.2) is 11.5 Å². The molecule has 2 aromatic carbocycles. The van der Waals surface area contributed by atoms with E-state index in [1.807, 2.05) is 0 Å². The lowest BCUT2D eigenvalue weighted by molar-refractivity contribution is 0.168. The number of nitriles is 1. The number of allylic oxidation sites excluding steroid dienone is 1. The lowest BCUT2D eigenvalue weighted by atomic mass is 9.82. The number of hydrogen-bond acceptors (Lipinski definition) is 8. The Morgan fingerprint density at radius 3 is 2.62 bits per heavy atom. The summed E-state index contributed by atoms with van der Waals surface area (Å²) in [5, 5.41) is 17.1. The number of methoxy groups -OCH3 is 2. The molecule has 0 spiro atoms. The average molecular weight is 436 g/mol. The van der Waals surface area contributed by atoms with Crippen molar-refractivity contribution in [2.45, 2.75) is 5.92 Å². The zero-order valence-corrected chi connectivity index (χ0v) is 17.1. The molecular formula is C22H17FN4O5. The Morgan fingerprint density at radius 2 is 1.94 bits per heavy atom. The van der Waals surface area contributed by atoms with Gasteiger partial charge in [-0.3, -0.25) is 5.10 Å². The van der Waals surface area contributed by atoms with E-state index in [9.17, 15) is 9.65 Å². The highest BCUT2D eigenvalue weighted by molar-refractivity contribution is 5.74. The van der Waals surface area contributed by atoms with Gasteiger partial charge in [0.1, 0.15) is 17.5 Å². The Bertz CT molecular complexity index is 1290. The minimum atomic E-state index is -0.735. The fraction of sp³-hybridized carbons (Fsp3) is 0.182. The monoisotopic (exact) mass is 436 g/mol. The van der Waals surface area contributed by atoms with E-state index in [2.05, 4.69) is 16.3 Å². The Morgan fingerprint density at radius 1 is 1.19 bits per heavy atom. The van der Waals surface area contributed by atoms with E-state index >= 15 is 0 Å². The van der Waals surface area contributed by atoms with Gasteiger partial charge in [-0.25, -0.2) is 4.39 Å². The smallest absolute Gasteiger partial charge is 0.244 e. The van der Waals surface area contributed by atoms with Crippen LogP contribution in [0.3, 0.4) is 0 Å². The molecule has 0 fully saturated rings. The third kappa shape index (κ3) is 2.79. The number of aromatic nitrogens is 2. The van der Waals surface area contributed by atoms with Crippen LogP contribution in [0.2, 0.25) is 0 Å². The normalized spacial score (nSPS) is 16.2. The van der Waals surface area contributed by atoms with Crippen LogP contribution in [-0.4, -0.2) is 31.2 Å². The maximum Gasteiger partial charge on any atom is 0.244 e. The molecule has 10 heteroatoms. The van der Waals surface area contributed by atoms with Crippen molar-refractivity contribution in [1.29, 1.82) is 5.26 Å². The Balaban J connectivity index is 1.80. The summed E-state index contributed by atoms with van der Waals surface area (Å²) >= 11 is 0. The molecule has 0 bridgehead atoms. The first-order valence-electron chi connectivity index (χ1n) is 9.53. The molecule has 162 valence electrons. The van der Waals surface area contributed by atoms with Gasteiger partial charge >= 0.3 is 0 Å². The zero-order valence-electron chi connectivity index (χ0n) is 17.1. The van der Waals surface area contributed by atoms with Gasteiger partial charge in [-0.1, -0.05) is 0 Å². The first-order chi connectivity index (χ1) is 15.6. The van der Waals surface area contributed by atoms with Crippen molar-refractivity contribution in [2.75, 3.05) is 21.0 Å². The number of nitrogens with one attached hydrogen (secondary N) is 1. The molecule has 0 saturated carbocycles. The topological polar surface area (TPSA) is 125 Å². The summed E-state index contributed by atoms with van der Waals surface area (Å²) < 4.78 is 41.5. The van der Waals surface area contributed by atoms with E-state index in [-0.39, 0.29) is 29.9 Å². The first kappa shape index (κ1) is 19.6. The number of rotatable bonds is 4. The molecule has 0 saturated heterocycles. The van der Waals surface area contributed by atoms with Gasteiger partial charge < -0.3 is 29.4 Å². The molecule has 3 heterocycles. The van der Waals surface area contributed by atoms with E-state index in [0.29, 0.717) is 45.4 Å². The van der Waals surface area contributed by atoms with Crippen molar-refractivity contribution >= 4 is 0 Å². The highest BCUT2D eigenvalue weighted by Crippen LogP contribution is 2.55. The second kappa shape index (κ2) is 7.39. The minimum Gasteiger partial charge on any atom is -0.493 e. The van der Waals surface area contributed by atoms with Crippen molar-refractivity contribution in [3.63, 3.8) is 0 Å². The van der Waals surface area contributed by atoms with Crippen molar-refractivity contribution < 1.29 is 28.1 Å². The van der Waals surface area contributed by atoms with Crippen molar-refractivity contribution in [3.8, 4) is 46.2 Å². The summed E-state index contributed by atoms with van der Waals surface area (Å²) in [6.07, 6.45) is 0. The molecule has 0 aliphatic carbocycles. The molecule has 9 nitrogen and oxygen atoms in total. The van der Waals surface area contributed by atoms with Crippen LogP contribution < -0.4 is 29.4 Å². The van der Waals surface area contributed by atoms with Gasteiger partial charge in [0, 0.05) is 11.1 Å². The molecule has 3 N–H and O–H groups in total. The maximum absolute atomic E-state index is 13.5. The number of nitrogens with zero attached hydrogens (tertiary/aromatic N) is 2. The van der Waals surface area contributed by atoms with Gasteiger partial charge in [0.25, 0.3) is 0 Å². The molecular weight excluding hydrogens is 419 g/mol. The highest BCUT2D eigenvalue weighted by atomic mass is 19.1. The van der Waals surface area contributed by atoms with Crippen LogP contribution in [0.25, 0.3) is 11.3 Å². The average Bonchev–Trinajstić information content (AvgIpc) is 3.45. The van der Waals surface area contributed by atoms with E-state index in [4.69, 9.17) is 29.4 Å². The van der Waals surface area contributed by atoms with Crippen LogP contribution in [0.4, 0.5) is 4.39 Å². The standard InChI is InChI=1S/C22H17FN4O5/c1-28-14-7-12(18(29-2)20-19(14)30-9-31-20)15-13(8-24)21(25)32-22-16(15)17(26-27-22)10-3-5-11(23)6-4-10/h3-7,15H,9,25H2,1-2H3,(H,26,27). The summed E-state index contributed by atoms with van der Waals surface area (Å²) in [6.45, 7) is 0.000158. The molecule has 0 radical (unpaired) electrons. The third-order valence-corrected chi connectivity index (χ3v) is 5.40. The number of ether oxygens (including phenoxy) is 5. The Kier molecular flexibility index (Phi) is 4.52. The van der Waals surface area contributed by atoms with Gasteiger partial charge in [0.05, 0.1) is 31.4 Å². The van der Waals surface area contributed by atoms with E-state index in [1.54, 1.807) is 18.2 Å². The summed E-state index contributed by atoms with van der Waals surface area (Å²) in [7, 11) is 2.99. The molecule has 3 aromatic rings. The van der Waals surface area contributed by atoms with Crippen LogP contribution in [0.5, 0.6) is 28.9 Å². The predicted molar refractivity (Wildman–Crippen MR) is 109 cm³/mol. The van der Waals surface area contributed by atoms with Crippen LogP contribution in [0, 0.1) is 17.1 Å². The summed E-state index contributed by atoms with van der Waals surface area (Å²) in [4.78, 5) is 0. The second-order valence-electron chi connectivity index (χ2n) is 7.02. The van der Waals surface area contributed by atoms with Gasteiger partial charge in [-0.15, -0.1) is 5.10 Å². The van der Waals surface area contributed by atoms with Gasteiger partial charge in [0.2, 0.25) is 30.1 Å². The van der Waals surface area contributed by atoms with Crippen LogP contribution in [0.15, 0.2) is 41.8 Å². The molecule has 5 rings (SSSR count). The molecule has 32 heavy (non-hydrogen) atoms. The number of benzene rings is 2. The second-order valence-corrected chi connectivity index (χ2v) is 7.02. The fourth-order valence-corrected chi connectivity index (χ4v) is 4.00. The Labute approximate surface area is 181 Å². The number of hydrogen-bond donors (Lipinski definition) is 2. The lowest BCUT2D eigenvalue weighted by Crippen LogP contribution is -2.21. The molecule has 1 atom stereocenters. The molecule has 2 aliphatic rings. The lowest BCUT2D eigenvalue weighted by Gasteiger charge is -2.26. The van der Waals surface area contributed by atoms with Crippen molar-refractivity contribution in [2.24, 2.45) is 5.73 Å². The van der Waals surface area contributed by atoms with Gasteiger partial charge in [-0.2, -0.15) is 5.26 Å². The summed E-state index contributed by atoms with van der Waals surface area (Å²) in [5.74, 6) is 0.539. The molecule has 2 aliphatic heterocycles. The van der Waals surface area contributed by atoms with Crippen LogP contribution in [0.1, 0.15) is 17.0 Å². The number of halogens is 1. The summed E-state index contributed by atoms with van der Waals surface area (Å²) in [5.41, 5.74) is 8.52. The van der Waals surface area contributed by atoms with E-state index in [1.165, 1.54) is 26.4 Å². The van der Waals surface area contributed by atoms with E-state index < -0.39 is 5.92 Å². The Hall–Kier alpha value is -4.39. The summed E-state index contributed by atoms with van der Waals surface area (Å²) in [6, 6.07) is 9.72. The molecule has 1 aromatic heterocycles. The fourth-order valence-electron chi connectivity index (χ4n) is 4.00. The first-order valence-corrected chi connectivity index (χ1v) is 9.53. The van der Waals surface area contributed by atoms with E-state index in [0.717, 1.165) is 0 Å². The highest BCUT2D eigenvalue weighted by Gasteiger charge is 2.40. The van der Waals surface area contributed by atoms with Crippen molar-refractivity contribution in [1.82, 2.24) is 10.2 Å². The largest absolute Gasteiger partial charge is 0.493 e.